The number of carbonyl (C=O) groups excluding carboxylic acids is 2. The van der Waals surface area contributed by atoms with E-state index in [9.17, 15) is 32.7 Å². The number of aryl methyl sites for hydroxylation is 1. The van der Waals surface area contributed by atoms with E-state index in [2.05, 4.69) is 18.8 Å². The third-order valence-corrected chi connectivity index (χ3v) is 13.4. The number of carboxylic acid groups (broad SMARTS) is 1. The summed E-state index contributed by atoms with van der Waals surface area (Å²) in [7, 11) is 1.12. The second kappa shape index (κ2) is 15.8. The van der Waals surface area contributed by atoms with E-state index in [1.807, 2.05) is 24.3 Å². The quantitative estimate of drug-likeness (QED) is 0.170. The van der Waals surface area contributed by atoms with E-state index >= 15 is 0 Å². The first-order valence-electron chi connectivity index (χ1n) is 19.9. The molecule has 1 spiro atoms. The zero-order chi connectivity index (χ0) is 40.8. The minimum atomic E-state index is -5.28. The number of aromatic nitrogens is 1. The Morgan fingerprint density at radius 2 is 1.79 bits per heavy atom. The SMILES string of the molecule is COC(=O)C1(N(C(=O)C(F)(F)F)c2cccc(Cl)c2)CCC2(CC1)c1cc(OCC3(CC(=O)O)CC3)ccc1C[C@@H]2C[C@@H](C)COc1ccnc2c1[C@H](C)CCC2. The van der Waals surface area contributed by atoms with Crippen LogP contribution in [0.1, 0.15) is 106 Å². The fraction of sp³-hybridized carbons (Fsp3) is 0.545. The molecule has 0 bridgehead atoms. The van der Waals surface area contributed by atoms with Gasteiger partial charge in [0.2, 0.25) is 0 Å². The van der Waals surface area contributed by atoms with Gasteiger partial charge in [-0.2, -0.15) is 13.2 Å². The molecule has 1 amide bonds. The highest BCUT2D eigenvalue weighted by molar-refractivity contribution is 6.31. The molecule has 1 aromatic heterocycles. The van der Waals surface area contributed by atoms with Crippen LogP contribution in [0.25, 0.3) is 0 Å². The number of ether oxygens (including phenoxy) is 3. The first-order valence-corrected chi connectivity index (χ1v) is 20.3. The molecule has 9 nitrogen and oxygen atoms in total. The zero-order valence-electron chi connectivity index (χ0n) is 32.6. The summed E-state index contributed by atoms with van der Waals surface area (Å²) in [5, 5.41) is 9.57. The van der Waals surface area contributed by atoms with E-state index in [0.29, 0.717) is 29.6 Å². The number of halogens is 4. The van der Waals surface area contributed by atoms with Gasteiger partial charge in [0.1, 0.15) is 17.0 Å². The normalized spacial score (nSPS) is 25.2. The highest BCUT2D eigenvalue weighted by atomic mass is 35.5. The van der Waals surface area contributed by atoms with Gasteiger partial charge in [-0.15, -0.1) is 0 Å². The van der Waals surface area contributed by atoms with Crippen LogP contribution in [-0.4, -0.2) is 60.0 Å². The van der Waals surface area contributed by atoms with Crippen molar-refractivity contribution in [1.29, 1.82) is 0 Å². The topological polar surface area (TPSA) is 115 Å². The molecule has 306 valence electrons. The van der Waals surface area contributed by atoms with Crippen molar-refractivity contribution in [2.75, 3.05) is 25.2 Å². The van der Waals surface area contributed by atoms with Gasteiger partial charge >= 0.3 is 24.0 Å². The van der Waals surface area contributed by atoms with Crippen LogP contribution < -0.4 is 14.4 Å². The number of methoxy groups -OCH3 is 1. The lowest BCUT2D eigenvalue weighted by atomic mass is 9.59. The van der Waals surface area contributed by atoms with E-state index in [1.165, 1.54) is 29.8 Å². The number of hydrogen-bond acceptors (Lipinski definition) is 7. The number of alkyl halides is 3. The Hall–Kier alpha value is -4.32. The van der Waals surface area contributed by atoms with Gasteiger partial charge in [-0.1, -0.05) is 37.6 Å². The van der Waals surface area contributed by atoms with Gasteiger partial charge in [-0.05, 0) is 141 Å². The molecule has 2 aromatic carbocycles. The largest absolute Gasteiger partial charge is 0.493 e. The molecular weight excluding hydrogens is 761 g/mol. The van der Waals surface area contributed by atoms with Crippen LogP contribution in [0.15, 0.2) is 54.7 Å². The molecule has 3 atom stereocenters. The number of benzene rings is 2. The van der Waals surface area contributed by atoms with Crippen LogP contribution in [0.3, 0.4) is 0 Å². The molecule has 4 aliphatic carbocycles. The van der Waals surface area contributed by atoms with Crippen LogP contribution in [0.2, 0.25) is 5.02 Å². The molecule has 0 radical (unpaired) electrons. The Bertz CT molecular complexity index is 2010. The predicted molar refractivity (Wildman–Crippen MR) is 208 cm³/mol. The van der Waals surface area contributed by atoms with Crippen molar-refractivity contribution in [2.24, 2.45) is 17.3 Å². The molecule has 1 N–H and O–H groups in total. The zero-order valence-corrected chi connectivity index (χ0v) is 33.4. The number of pyridine rings is 1. The Labute approximate surface area is 336 Å². The molecule has 7 rings (SSSR count). The van der Waals surface area contributed by atoms with Crippen LogP contribution in [0.5, 0.6) is 11.5 Å². The summed E-state index contributed by atoms with van der Waals surface area (Å²) in [6.07, 6.45) is 3.02. The number of aliphatic carboxylic acids is 1. The van der Waals surface area contributed by atoms with E-state index in [-0.39, 0.29) is 61.3 Å². The second-order valence-electron chi connectivity index (χ2n) is 17.0. The lowest BCUT2D eigenvalue weighted by molar-refractivity contribution is -0.174. The van der Waals surface area contributed by atoms with Gasteiger partial charge in [0.25, 0.3) is 0 Å². The molecular formula is C44H50ClF3N2O7. The maximum Gasteiger partial charge on any atom is 0.471 e. The molecule has 0 saturated heterocycles. The maximum atomic E-state index is 14.4. The first kappa shape index (κ1) is 40.9. The Morgan fingerprint density at radius 3 is 2.46 bits per heavy atom. The predicted octanol–water partition coefficient (Wildman–Crippen LogP) is 9.41. The monoisotopic (exact) mass is 810 g/mol. The number of esters is 1. The van der Waals surface area contributed by atoms with Gasteiger partial charge in [-0.3, -0.25) is 19.5 Å². The van der Waals surface area contributed by atoms with Crippen molar-refractivity contribution in [1.82, 2.24) is 4.98 Å². The lowest BCUT2D eigenvalue weighted by Crippen LogP contribution is -2.63. The van der Waals surface area contributed by atoms with Crippen molar-refractivity contribution in [3.63, 3.8) is 0 Å². The lowest BCUT2D eigenvalue weighted by Gasteiger charge is -2.51. The van der Waals surface area contributed by atoms with Gasteiger partial charge in [0, 0.05) is 33.6 Å². The number of amides is 1. The van der Waals surface area contributed by atoms with Gasteiger partial charge in [-0.25, -0.2) is 4.79 Å². The minimum Gasteiger partial charge on any atom is -0.493 e. The summed E-state index contributed by atoms with van der Waals surface area (Å²) in [5.74, 6) is -2.03. The molecule has 3 aromatic rings. The number of carbonyl (C=O) groups is 3. The molecule has 57 heavy (non-hydrogen) atoms. The van der Waals surface area contributed by atoms with E-state index in [4.69, 9.17) is 25.8 Å². The van der Waals surface area contributed by atoms with Gasteiger partial charge < -0.3 is 19.3 Å². The van der Waals surface area contributed by atoms with E-state index in [1.54, 1.807) is 6.20 Å². The summed E-state index contributed by atoms with van der Waals surface area (Å²) < 4.78 is 61.3. The number of fused-ring (bicyclic) bond motifs is 3. The first-order chi connectivity index (χ1) is 27.1. The third-order valence-electron chi connectivity index (χ3n) is 13.2. The Balaban J connectivity index is 1.21. The highest BCUT2D eigenvalue weighted by Crippen LogP contribution is 2.58. The van der Waals surface area contributed by atoms with E-state index in [0.717, 1.165) is 68.2 Å². The molecule has 2 saturated carbocycles. The average molecular weight is 811 g/mol. The van der Waals surface area contributed by atoms with Crippen molar-refractivity contribution >= 4 is 35.1 Å². The molecule has 0 aliphatic heterocycles. The maximum absolute atomic E-state index is 14.4. The average Bonchev–Trinajstić information content (AvgIpc) is 3.88. The van der Waals surface area contributed by atoms with Crippen molar-refractivity contribution in [3.05, 3.63) is 82.1 Å². The highest BCUT2D eigenvalue weighted by Gasteiger charge is 2.60. The summed E-state index contributed by atoms with van der Waals surface area (Å²) in [4.78, 5) is 44.0. The fourth-order valence-electron chi connectivity index (χ4n) is 10.0. The summed E-state index contributed by atoms with van der Waals surface area (Å²) in [6, 6.07) is 13.4. The number of carboxylic acids is 1. The van der Waals surface area contributed by atoms with Gasteiger partial charge in [0.05, 0.1) is 26.7 Å². The van der Waals surface area contributed by atoms with Crippen LogP contribution >= 0.6 is 11.6 Å². The molecule has 1 heterocycles. The number of anilines is 1. The summed E-state index contributed by atoms with van der Waals surface area (Å²) >= 11 is 6.24. The number of rotatable bonds is 13. The standard InChI is InChI=1S/C44H50ClF3N2O7/c1-27(25-56-36-12-19-49-35-9-4-6-28(2)38(35)36)20-30-21-29-10-11-33(57-26-41(13-14-41)24-37(51)52)23-34(29)42(30)15-17-43(18-16-42,40(54)55-3)50(39(53)44(46,47)48)32-8-5-7-31(45)22-32/h5,7-8,10-12,19,22-23,27-28,30H,4,6,9,13-18,20-21,24-26H2,1-3H3,(H,51,52)/t27-,28-,30+,42?,43?/m1/s1. The number of nitrogens with zero attached hydrogens (tertiary/aromatic N) is 2. The second-order valence-corrected chi connectivity index (χ2v) is 17.4. The summed E-state index contributed by atoms with van der Waals surface area (Å²) in [6.45, 7) is 5.07. The van der Waals surface area contributed by atoms with Crippen molar-refractivity contribution in [3.8, 4) is 11.5 Å². The van der Waals surface area contributed by atoms with E-state index < -0.39 is 40.4 Å². The summed E-state index contributed by atoms with van der Waals surface area (Å²) in [5.41, 5.74) is 1.29. The van der Waals surface area contributed by atoms with Crippen LogP contribution in [0, 0.1) is 17.3 Å². The van der Waals surface area contributed by atoms with Crippen molar-refractivity contribution in [2.45, 2.75) is 114 Å². The number of hydrogen-bond donors (Lipinski definition) is 1. The van der Waals surface area contributed by atoms with Crippen LogP contribution in [-0.2, 0) is 37.4 Å². The molecule has 13 heteroatoms. The molecule has 2 fully saturated rings. The third kappa shape index (κ3) is 8.08. The van der Waals surface area contributed by atoms with Crippen molar-refractivity contribution < 1.29 is 46.9 Å². The van der Waals surface area contributed by atoms with Crippen LogP contribution in [0.4, 0.5) is 18.9 Å². The Kier molecular flexibility index (Phi) is 11.3. The van der Waals surface area contributed by atoms with Gasteiger partial charge in [0.15, 0.2) is 0 Å². The smallest absolute Gasteiger partial charge is 0.471 e. The Morgan fingerprint density at radius 1 is 1.04 bits per heavy atom. The minimum absolute atomic E-state index is 0.0283. The molecule has 4 aliphatic rings. The molecule has 0 unspecified atom stereocenters. The fourth-order valence-corrected chi connectivity index (χ4v) is 10.2.